The van der Waals surface area contributed by atoms with Gasteiger partial charge < -0.3 is 9.88 Å². The van der Waals surface area contributed by atoms with E-state index in [-0.39, 0.29) is 5.91 Å². The highest BCUT2D eigenvalue weighted by atomic mass is 16.2. The molecule has 0 saturated carbocycles. The number of hydrogen-bond donors (Lipinski definition) is 2. The first-order valence-corrected chi connectivity index (χ1v) is 9.56. The molecule has 0 radical (unpaired) electrons. The van der Waals surface area contributed by atoms with Gasteiger partial charge in [-0.05, 0) is 68.4 Å². The highest BCUT2D eigenvalue weighted by molar-refractivity contribution is 6.10. The molecule has 0 fully saturated rings. The second-order valence-electron chi connectivity index (χ2n) is 8.10. The Hall–Kier alpha value is -2.56. The molecule has 5 rings (SSSR count). The molecular formula is C21H24N4O. The fourth-order valence-electron chi connectivity index (χ4n) is 4.66. The smallest absolute Gasteiger partial charge is 0.237 e. The van der Waals surface area contributed by atoms with Crippen molar-refractivity contribution in [2.45, 2.75) is 51.9 Å². The molecule has 0 spiro atoms. The zero-order valence-electron chi connectivity index (χ0n) is 15.6. The second kappa shape index (κ2) is 5.22. The lowest BCUT2D eigenvalue weighted by atomic mass is 9.85. The number of carbonyl (C=O) groups is 1. The molecule has 2 aromatic heterocycles. The summed E-state index contributed by atoms with van der Waals surface area (Å²) < 4.78 is 0. The van der Waals surface area contributed by atoms with E-state index in [1.807, 2.05) is 24.9 Å². The van der Waals surface area contributed by atoms with Crippen LogP contribution < -0.4 is 4.90 Å². The van der Waals surface area contributed by atoms with Crippen molar-refractivity contribution in [1.82, 2.24) is 15.2 Å². The lowest BCUT2D eigenvalue weighted by molar-refractivity contribution is -0.122. The van der Waals surface area contributed by atoms with Crippen LogP contribution in [-0.2, 0) is 23.1 Å². The Morgan fingerprint density at radius 2 is 2.08 bits per heavy atom. The molecule has 134 valence electrons. The summed E-state index contributed by atoms with van der Waals surface area (Å²) in [7, 11) is 0. The van der Waals surface area contributed by atoms with Gasteiger partial charge in [0.05, 0.1) is 23.0 Å². The summed E-state index contributed by atoms with van der Waals surface area (Å²) in [6.45, 7) is 6.98. The molecule has 1 aromatic carbocycles. The number of aromatic amines is 2. The summed E-state index contributed by atoms with van der Waals surface area (Å²) in [4.78, 5) is 18.6. The van der Waals surface area contributed by atoms with Crippen LogP contribution in [0.5, 0.6) is 0 Å². The molecule has 0 bridgehead atoms. The minimum atomic E-state index is -0.472. The lowest BCUT2D eigenvalue weighted by Gasteiger charge is -2.19. The molecule has 2 aliphatic rings. The van der Waals surface area contributed by atoms with Gasteiger partial charge in [-0.25, -0.2) is 0 Å². The van der Waals surface area contributed by atoms with Gasteiger partial charge in [-0.15, -0.1) is 0 Å². The number of amides is 1. The average Bonchev–Trinajstić information content (AvgIpc) is 3.23. The third kappa shape index (κ3) is 1.91. The van der Waals surface area contributed by atoms with Crippen LogP contribution in [0, 0.1) is 0 Å². The number of nitrogens with zero attached hydrogens (tertiary/aromatic N) is 2. The summed E-state index contributed by atoms with van der Waals surface area (Å²) in [6.07, 6.45) is 6.12. The summed E-state index contributed by atoms with van der Waals surface area (Å²) in [6, 6.07) is 4.44. The monoisotopic (exact) mass is 348 g/mol. The largest absolute Gasteiger partial charge is 0.353 e. The van der Waals surface area contributed by atoms with Crippen molar-refractivity contribution < 1.29 is 4.79 Å². The summed E-state index contributed by atoms with van der Waals surface area (Å²) >= 11 is 0. The number of nitrogens with one attached hydrogen (secondary N) is 2. The zero-order valence-corrected chi connectivity index (χ0v) is 15.6. The van der Waals surface area contributed by atoms with E-state index < -0.39 is 5.41 Å². The first-order valence-electron chi connectivity index (χ1n) is 9.56. The molecule has 0 atom stereocenters. The van der Waals surface area contributed by atoms with Crippen molar-refractivity contribution in [3.63, 3.8) is 0 Å². The van der Waals surface area contributed by atoms with Crippen molar-refractivity contribution in [3.05, 3.63) is 35.0 Å². The van der Waals surface area contributed by atoms with Gasteiger partial charge in [-0.1, -0.05) is 6.92 Å². The topological polar surface area (TPSA) is 64.8 Å². The Labute approximate surface area is 152 Å². The fraction of sp³-hybridized carbons (Fsp3) is 0.429. The van der Waals surface area contributed by atoms with Crippen LogP contribution in [0.25, 0.3) is 22.3 Å². The van der Waals surface area contributed by atoms with E-state index in [0.717, 1.165) is 54.7 Å². The molecule has 5 heteroatoms. The molecule has 1 aliphatic carbocycles. The zero-order chi connectivity index (χ0) is 18.1. The van der Waals surface area contributed by atoms with E-state index >= 15 is 0 Å². The predicted octanol–water partition coefficient (Wildman–Crippen LogP) is 4.08. The van der Waals surface area contributed by atoms with Gasteiger partial charge in [0.1, 0.15) is 0 Å². The number of hydrogen-bond acceptors (Lipinski definition) is 2. The average molecular weight is 348 g/mol. The predicted molar refractivity (Wildman–Crippen MR) is 104 cm³/mol. The van der Waals surface area contributed by atoms with Gasteiger partial charge >= 0.3 is 0 Å². The normalized spacial score (nSPS) is 18.0. The number of carbonyl (C=O) groups excluding carboxylic acids is 1. The van der Waals surface area contributed by atoms with Gasteiger partial charge in [0.25, 0.3) is 0 Å². The fourth-order valence-corrected chi connectivity index (χ4v) is 4.66. The van der Waals surface area contributed by atoms with E-state index in [1.54, 1.807) is 0 Å². The minimum absolute atomic E-state index is 0.212. The Balaban J connectivity index is 1.77. The molecule has 3 aromatic rings. The third-order valence-corrected chi connectivity index (χ3v) is 6.05. The van der Waals surface area contributed by atoms with Gasteiger partial charge in [0, 0.05) is 23.1 Å². The van der Waals surface area contributed by atoms with E-state index in [1.165, 1.54) is 22.2 Å². The van der Waals surface area contributed by atoms with Crippen molar-refractivity contribution in [1.29, 1.82) is 0 Å². The number of anilines is 1. The van der Waals surface area contributed by atoms with Crippen LogP contribution in [0.15, 0.2) is 18.3 Å². The van der Waals surface area contributed by atoms with E-state index in [9.17, 15) is 4.79 Å². The summed E-state index contributed by atoms with van der Waals surface area (Å²) in [5.41, 5.74) is 7.78. The second-order valence-corrected chi connectivity index (χ2v) is 8.10. The Morgan fingerprint density at radius 1 is 1.23 bits per heavy atom. The standard InChI is InChI=1S/C21H24N4O/c1-4-8-25-17-9-14-13-7-5-6-12-11-22-24-18(12)19(13)23-16(14)10-15(17)21(2,3)20(25)26/h9-11,23H,4-8H2,1-3H3,(H,22,24). The third-order valence-electron chi connectivity index (χ3n) is 6.05. The maximum Gasteiger partial charge on any atom is 0.237 e. The first-order chi connectivity index (χ1) is 12.5. The van der Waals surface area contributed by atoms with Crippen LogP contribution in [-0.4, -0.2) is 27.6 Å². The van der Waals surface area contributed by atoms with E-state index in [2.05, 4.69) is 34.2 Å². The van der Waals surface area contributed by atoms with Crippen LogP contribution in [0.4, 0.5) is 5.69 Å². The number of aryl methyl sites for hydroxylation is 2. The molecule has 1 aliphatic heterocycles. The van der Waals surface area contributed by atoms with E-state index in [0.29, 0.717) is 0 Å². The van der Waals surface area contributed by atoms with Crippen molar-refractivity contribution in [2.75, 3.05) is 11.4 Å². The number of aromatic nitrogens is 3. The number of benzene rings is 1. The van der Waals surface area contributed by atoms with Gasteiger partial charge in [-0.2, -0.15) is 5.10 Å². The highest BCUT2D eigenvalue weighted by Crippen LogP contribution is 2.45. The quantitative estimate of drug-likeness (QED) is 0.733. The molecule has 5 nitrogen and oxygen atoms in total. The molecule has 0 saturated heterocycles. The maximum absolute atomic E-state index is 12.9. The van der Waals surface area contributed by atoms with Gasteiger partial charge in [0.2, 0.25) is 5.91 Å². The van der Waals surface area contributed by atoms with Crippen LogP contribution >= 0.6 is 0 Å². The Morgan fingerprint density at radius 3 is 2.88 bits per heavy atom. The van der Waals surface area contributed by atoms with Gasteiger partial charge in [-0.3, -0.25) is 9.89 Å². The molecule has 26 heavy (non-hydrogen) atoms. The van der Waals surface area contributed by atoms with Crippen molar-refractivity contribution in [3.8, 4) is 11.4 Å². The van der Waals surface area contributed by atoms with Crippen molar-refractivity contribution in [2.24, 2.45) is 0 Å². The molecule has 2 N–H and O–H groups in total. The molecule has 1 amide bonds. The van der Waals surface area contributed by atoms with Crippen LogP contribution in [0.2, 0.25) is 0 Å². The SMILES string of the molecule is CCCN1C(=O)C(C)(C)c2cc3[nH]c4c(c3cc21)CCCc1cn[nH]c1-4. The highest BCUT2D eigenvalue weighted by Gasteiger charge is 2.44. The summed E-state index contributed by atoms with van der Waals surface area (Å²) in [5, 5.41) is 8.67. The number of fused-ring (bicyclic) bond motifs is 6. The van der Waals surface area contributed by atoms with Gasteiger partial charge in [0.15, 0.2) is 0 Å². The number of rotatable bonds is 2. The van der Waals surface area contributed by atoms with Crippen molar-refractivity contribution >= 4 is 22.5 Å². The summed E-state index contributed by atoms with van der Waals surface area (Å²) in [5.74, 6) is 0.212. The Bertz CT molecular complexity index is 1040. The van der Waals surface area contributed by atoms with E-state index in [4.69, 9.17) is 0 Å². The number of H-pyrrole nitrogens is 2. The Kier molecular flexibility index (Phi) is 3.15. The lowest BCUT2D eigenvalue weighted by Crippen LogP contribution is -2.36. The molecular weight excluding hydrogens is 324 g/mol. The minimum Gasteiger partial charge on any atom is -0.353 e. The first kappa shape index (κ1) is 15.7. The van der Waals surface area contributed by atoms with Crippen LogP contribution in [0.1, 0.15) is 50.3 Å². The molecule has 3 heterocycles. The van der Waals surface area contributed by atoms with Crippen LogP contribution in [0.3, 0.4) is 0 Å². The molecule has 0 unspecified atom stereocenters. The maximum atomic E-state index is 12.9.